The Balaban J connectivity index is 2.30. The summed E-state index contributed by atoms with van der Waals surface area (Å²) in [6.07, 6.45) is 5.14. The van der Waals surface area contributed by atoms with Gasteiger partial charge in [0.1, 0.15) is 0 Å². The van der Waals surface area contributed by atoms with Gasteiger partial charge in [0.2, 0.25) is 0 Å². The smallest absolute Gasteiger partial charge is 0.0707 e. The van der Waals surface area contributed by atoms with Crippen LogP contribution in [0.15, 0.2) is 12.7 Å². The van der Waals surface area contributed by atoms with Crippen LogP contribution in [0.4, 0.5) is 0 Å². The van der Waals surface area contributed by atoms with Crippen molar-refractivity contribution in [3.63, 3.8) is 0 Å². The summed E-state index contributed by atoms with van der Waals surface area (Å²) in [5, 5.41) is 3.45. The highest BCUT2D eigenvalue weighted by molar-refractivity contribution is 4.82. The zero-order valence-corrected chi connectivity index (χ0v) is 12.5. The highest BCUT2D eigenvalue weighted by atomic mass is 16.5. The normalized spacial score (nSPS) is 24.4. The van der Waals surface area contributed by atoms with Crippen molar-refractivity contribution >= 4 is 0 Å². The lowest BCUT2D eigenvalue weighted by Gasteiger charge is -2.28. The molecule has 0 aromatic rings. The van der Waals surface area contributed by atoms with Crippen LogP contribution in [-0.2, 0) is 4.74 Å². The summed E-state index contributed by atoms with van der Waals surface area (Å²) in [6, 6.07) is 1.10. The van der Waals surface area contributed by atoms with Crippen LogP contribution >= 0.6 is 0 Å². The third kappa shape index (κ3) is 5.51. The van der Waals surface area contributed by atoms with E-state index in [9.17, 15) is 0 Å². The molecular formula is C15H30N2O. The predicted molar refractivity (Wildman–Crippen MR) is 77.9 cm³/mol. The van der Waals surface area contributed by atoms with Crippen molar-refractivity contribution in [2.75, 3.05) is 19.6 Å². The highest BCUT2D eigenvalue weighted by Crippen LogP contribution is 2.20. The molecular weight excluding hydrogens is 224 g/mol. The molecule has 0 saturated carbocycles. The molecule has 3 nitrogen and oxygen atoms in total. The molecule has 1 N–H and O–H groups in total. The van der Waals surface area contributed by atoms with Crippen molar-refractivity contribution in [2.45, 2.75) is 64.8 Å². The van der Waals surface area contributed by atoms with Gasteiger partial charge in [-0.05, 0) is 26.7 Å². The Bertz CT molecular complexity index is 241. The summed E-state index contributed by atoms with van der Waals surface area (Å²) < 4.78 is 6.10. The molecule has 2 unspecified atom stereocenters. The molecule has 0 aromatic heterocycles. The number of hydrogen-bond donors (Lipinski definition) is 1. The minimum atomic E-state index is 0.395. The van der Waals surface area contributed by atoms with E-state index in [4.69, 9.17) is 4.74 Å². The fraction of sp³-hybridized carbons (Fsp3) is 0.867. The van der Waals surface area contributed by atoms with E-state index in [1.807, 2.05) is 6.08 Å². The van der Waals surface area contributed by atoms with Crippen LogP contribution in [0, 0.1) is 0 Å². The van der Waals surface area contributed by atoms with Gasteiger partial charge in [0.25, 0.3) is 0 Å². The third-order valence-electron chi connectivity index (χ3n) is 3.48. The van der Waals surface area contributed by atoms with Crippen molar-refractivity contribution in [1.29, 1.82) is 0 Å². The largest absolute Gasteiger partial charge is 0.372 e. The number of nitrogens with one attached hydrogen (secondary N) is 1. The van der Waals surface area contributed by atoms with Gasteiger partial charge >= 0.3 is 0 Å². The SMILES string of the molecule is C=CCN(CC1CCC(CNC(C)C)O1)C(C)C. The van der Waals surface area contributed by atoms with Crippen LogP contribution in [0.1, 0.15) is 40.5 Å². The zero-order chi connectivity index (χ0) is 13.5. The molecule has 0 aromatic carbocycles. The molecule has 2 atom stereocenters. The first-order chi connectivity index (χ1) is 8.52. The molecule has 0 radical (unpaired) electrons. The van der Waals surface area contributed by atoms with Gasteiger partial charge in [-0.3, -0.25) is 4.90 Å². The van der Waals surface area contributed by atoms with E-state index >= 15 is 0 Å². The van der Waals surface area contributed by atoms with Crippen LogP contribution in [0.5, 0.6) is 0 Å². The molecule has 1 rings (SSSR count). The van der Waals surface area contributed by atoms with E-state index in [2.05, 4.69) is 44.5 Å². The van der Waals surface area contributed by atoms with Gasteiger partial charge in [-0.1, -0.05) is 19.9 Å². The first-order valence-electron chi connectivity index (χ1n) is 7.26. The minimum Gasteiger partial charge on any atom is -0.372 e. The first-order valence-corrected chi connectivity index (χ1v) is 7.26. The molecule has 1 aliphatic rings. The molecule has 18 heavy (non-hydrogen) atoms. The van der Waals surface area contributed by atoms with E-state index in [0.717, 1.165) is 19.6 Å². The maximum atomic E-state index is 6.10. The van der Waals surface area contributed by atoms with E-state index in [1.54, 1.807) is 0 Å². The maximum Gasteiger partial charge on any atom is 0.0707 e. The summed E-state index contributed by atoms with van der Waals surface area (Å²) in [7, 11) is 0. The van der Waals surface area contributed by atoms with Crippen LogP contribution in [-0.4, -0.2) is 48.8 Å². The van der Waals surface area contributed by atoms with Gasteiger partial charge in [-0.15, -0.1) is 6.58 Å². The molecule has 1 saturated heterocycles. The number of hydrogen-bond acceptors (Lipinski definition) is 3. The van der Waals surface area contributed by atoms with E-state index in [1.165, 1.54) is 12.8 Å². The second kappa shape index (κ2) is 7.93. The van der Waals surface area contributed by atoms with Crippen LogP contribution < -0.4 is 5.32 Å². The third-order valence-corrected chi connectivity index (χ3v) is 3.48. The van der Waals surface area contributed by atoms with Gasteiger partial charge < -0.3 is 10.1 Å². The summed E-state index contributed by atoms with van der Waals surface area (Å²) in [6.45, 7) is 15.6. The maximum absolute atomic E-state index is 6.10. The van der Waals surface area contributed by atoms with Gasteiger partial charge in [-0.25, -0.2) is 0 Å². The van der Waals surface area contributed by atoms with Gasteiger partial charge in [0, 0.05) is 31.7 Å². The average Bonchev–Trinajstić information content (AvgIpc) is 2.73. The molecule has 0 bridgehead atoms. The molecule has 0 aliphatic carbocycles. The highest BCUT2D eigenvalue weighted by Gasteiger charge is 2.27. The summed E-state index contributed by atoms with van der Waals surface area (Å²) in [4.78, 5) is 2.43. The van der Waals surface area contributed by atoms with Crippen LogP contribution in [0.25, 0.3) is 0 Å². The number of nitrogens with zero attached hydrogens (tertiary/aromatic N) is 1. The van der Waals surface area contributed by atoms with Gasteiger partial charge in [-0.2, -0.15) is 0 Å². The Morgan fingerprint density at radius 3 is 2.50 bits per heavy atom. The van der Waals surface area contributed by atoms with Crippen molar-refractivity contribution in [3.05, 3.63) is 12.7 Å². The van der Waals surface area contributed by atoms with Crippen molar-refractivity contribution in [1.82, 2.24) is 10.2 Å². The van der Waals surface area contributed by atoms with Gasteiger partial charge in [0.05, 0.1) is 12.2 Å². The predicted octanol–water partition coefficient (Wildman–Crippen LogP) is 2.43. The monoisotopic (exact) mass is 254 g/mol. The lowest BCUT2D eigenvalue weighted by atomic mass is 10.1. The quantitative estimate of drug-likeness (QED) is 0.673. The van der Waals surface area contributed by atoms with Gasteiger partial charge in [0.15, 0.2) is 0 Å². The summed E-state index contributed by atoms with van der Waals surface area (Å²) in [5.74, 6) is 0. The molecule has 0 amide bonds. The molecule has 1 aliphatic heterocycles. The molecule has 1 fully saturated rings. The van der Waals surface area contributed by atoms with E-state index in [0.29, 0.717) is 24.3 Å². The van der Waals surface area contributed by atoms with E-state index in [-0.39, 0.29) is 0 Å². The Morgan fingerprint density at radius 2 is 1.94 bits per heavy atom. The second-order valence-corrected chi connectivity index (χ2v) is 5.86. The Hall–Kier alpha value is -0.380. The van der Waals surface area contributed by atoms with Crippen molar-refractivity contribution in [3.8, 4) is 0 Å². The first kappa shape index (κ1) is 15.7. The fourth-order valence-corrected chi connectivity index (χ4v) is 2.36. The number of rotatable bonds is 8. The lowest BCUT2D eigenvalue weighted by molar-refractivity contribution is 0.0192. The Labute approximate surface area is 113 Å². The zero-order valence-electron chi connectivity index (χ0n) is 12.5. The standard InChI is InChI=1S/C15H30N2O/c1-6-9-17(13(4)5)11-15-8-7-14(18-15)10-16-12(2)3/h6,12-16H,1,7-11H2,2-5H3. The summed E-state index contributed by atoms with van der Waals surface area (Å²) in [5.41, 5.74) is 0. The minimum absolute atomic E-state index is 0.395. The Morgan fingerprint density at radius 1 is 1.28 bits per heavy atom. The van der Waals surface area contributed by atoms with E-state index < -0.39 is 0 Å². The molecule has 1 heterocycles. The van der Waals surface area contributed by atoms with Crippen LogP contribution in [0.2, 0.25) is 0 Å². The lowest BCUT2D eigenvalue weighted by Crippen LogP contribution is -2.38. The molecule has 3 heteroatoms. The number of ether oxygens (including phenoxy) is 1. The molecule has 106 valence electrons. The summed E-state index contributed by atoms with van der Waals surface area (Å²) >= 11 is 0. The van der Waals surface area contributed by atoms with Crippen molar-refractivity contribution in [2.24, 2.45) is 0 Å². The second-order valence-electron chi connectivity index (χ2n) is 5.86. The fourth-order valence-electron chi connectivity index (χ4n) is 2.36. The van der Waals surface area contributed by atoms with Crippen LogP contribution in [0.3, 0.4) is 0 Å². The Kier molecular flexibility index (Phi) is 6.90. The van der Waals surface area contributed by atoms with Crippen molar-refractivity contribution < 1.29 is 4.74 Å². The average molecular weight is 254 g/mol. The topological polar surface area (TPSA) is 24.5 Å². The molecule has 0 spiro atoms.